The number of carboxylic acids is 1. The highest BCUT2D eigenvalue weighted by Crippen LogP contribution is 2.05. The maximum absolute atomic E-state index is 11.6. The SMILES string of the molecule is NC(CCCCCNC(=O)C1CNCC1=O)C(=O)O. The fourth-order valence-corrected chi connectivity index (χ4v) is 1.94. The first-order valence-corrected chi connectivity index (χ1v) is 6.52. The molecule has 1 rings (SSSR count). The van der Waals surface area contributed by atoms with Gasteiger partial charge in [0, 0.05) is 13.1 Å². The quantitative estimate of drug-likeness (QED) is 0.327. The number of carbonyl (C=O) groups excluding carboxylic acids is 2. The van der Waals surface area contributed by atoms with Crippen LogP contribution < -0.4 is 16.4 Å². The number of carboxylic acid groups (broad SMARTS) is 1. The maximum Gasteiger partial charge on any atom is 0.320 e. The van der Waals surface area contributed by atoms with Crippen molar-refractivity contribution in [2.24, 2.45) is 11.7 Å². The van der Waals surface area contributed by atoms with Crippen molar-refractivity contribution in [3.05, 3.63) is 0 Å². The van der Waals surface area contributed by atoms with Crippen molar-refractivity contribution in [2.75, 3.05) is 19.6 Å². The van der Waals surface area contributed by atoms with E-state index in [1.165, 1.54) is 0 Å². The summed E-state index contributed by atoms with van der Waals surface area (Å²) in [4.78, 5) is 33.4. The molecule has 1 aliphatic rings. The molecule has 0 spiro atoms. The van der Waals surface area contributed by atoms with Gasteiger partial charge in [0.2, 0.25) is 5.91 Å². The van der Waals surface area contributed by atoms with E-state index in [0.29, 0.717) is 25.9 Å². The van der Waals surface area contributed by atoms with Crippen molar-refractivity contribution in [3.63, 3.8) is 0 Å². The highest BCUT2D eigenvalue weighted by Gasteiger charge is 2.30. The summed E-state index contributed by atoms with van der Waals surface area (Å²) in [7, 11) is 0. The van der Waals surface area contributed by atoms with Gasteiger partial charge in [-0.05, 0) is 12.8 Å². The summed E-state index contributed by atoms with van der Waals surface area (Å²) in [6.07, 6.45) is 2.71. The van der Waals surface area contributed by atoms with Crippen molar-refractivity contribution in [3.8, 4) is 0 Å². The fraction of sp³-hybridized carbons (Fsp3) is 0.750. The standard InChI is InChI=1S/C12H21N3O4/c13-9(12(18)19)4-2-1-3-5-15-11(17)8-6-14-7-10(8)16/h8-9,14H,1-7,13H2,(H,15,17)(H,18,19). The second kappa shape index (κ2) is 7.85. The Morgan fingerprint density at radius 2 is 2.16 bits per heavy atom. The van der Waals surface area contributed by atoms with E-state index in [4.69, 9.17) is 10.8 Å². The average Bonchev–Trinajstić information content (AvgIpc) is 2.79. The van der Waals surface area contributed by atoms with Gasteiger partial charge in [-0.2, -0.15) is 0 Å². The third-order valence-electron chi connectivity index (χ3n) is 3.16. The molecule has 1 saturated heterocycles. The Kier molecular flexibility index (Phi) is 6.44. The molecular weight excluding hydrogens is 250 g/mol. The predicted octanol–water partition coefficient (Wildman–Crippen LogP) is -1.14. The monoisotopic (exact) mass is 271 g/mol. The number of nitrogens with one attached hydrogen (secondary N) is 2. The molecule has 0 aliphatic carbocycles. The van der Waals surface area contributed by atoms with Gasteiger partial charge >= 0.3 is 5.97 Å². The molecule has 5 N–H and O–H groups in total. The molecule has 0 radical (unpaired) electrons. The van der Waals surface area contributed by atoms with E-state index in [9.17, 15) is 14.4 Å². The van der Waals surface area contributed by atoms with E-state index in [0.717, 1.165) is 12.8 Å². The van der Waals surface area contributed by atoms with Gasteiger partial charge in [-0.25, -0.2) is 0 Å². The molecule has 0 aromatic rings. The Hall–Kier alpha value is -1.47. The second-order valence-corrected chi connectivity index (χ2v) is 4.73. The van der Waals surface area contributed by atoms with Gasteiger partial charge in [-0.1, -0.05) is 12.8 Å². The number of unbranched alkanes of at least 4 members (excludes halogenated alkanes) is 2. The van der Waals surface area contributed by atoms with Gasteiger partial charge in [0.05, 0.1) is 6.54 Å². The highest BCUT2D eigenvalue weighted by atomic mass is 16.4. The van der Waals surface area contributed by atoms with Crippen molar-refractivity contribution < 1.29 is 19.5 Å². The third-order valence-corrected chi connectivity index (χ3v) is 3.16. The first-order valence-electron chi connectivity index (χ1n) is 6.52. The van der Waals surface area contributed by atoms with Crippen LogP contribution in [-0.4, -0.2) is 48.4 Å². The lowest BCUT2D eigenvalue weighted by molar-refractivity contribution is -0.138. The molecule has 0 bridgehead atoms. The molecule has 1 heterocycles. The van der Waals surface area contributed by atoms with E-state index in [1.54, 1.807) is 0 Å². The zero-order valence-corrected chi connectivity index (χ0v) is 10.9. The van der Waals surface area contributed by atoms with E-state index in [-0.39, 0.29) is 18.2 Å². The lowest BCUT2D eigenvalue weighted by Gasteiger charge is -2.09. The van der Waals surface area contributed by atoms with Crippen LogP contribution in [0, 0.1) is 5.92 Å². The molecule has 2 atom stereocenters. The Balaban J connectivity index is 2.03. The van der Waals surface area contributed by atoms with E-state index < -0.39 is 17.9 Å². The average molecular weight is 271 g/mol. The fourth-order valence-electron chi connectivity index (χ4n) is 1.94. The molecule has 108 valence electrons. The van der Waals surface area contributed by atoms with Gasteiger partial charge < -0.3 is 21.5 Å². The molecule has 7 nitrogen and oxygen atoms in total. The highest BCUT2D eigenvalue weighted by molar-refractivity contribution is 6.03. The first kappa shape index (κ1) is 15.6. The number of aliphatic carboxylic acids is 1. The van der Waals surface area contributed by atoms with Gasteiger partial charge in [-0.3, -0.25) is 14.4 Å². The van der Waals surface area contributed by atoms with Crippen molar-refractivity contribution in [2.45, 2.75) is 31.7 Å². The third kappa shape index (κ3) is 5.35. The molecule has 1 fully saturated rings. The normalized spacial score (nSPS) is 20.3. The van der Waals surface area contributed by atoms with Crippen molar-refractivity contribution in [1.82, 2.24) is 10.6 Å². The number of ketones is 1. The largest absolute Gasteiger partial charge is 0.480 e. The zero-order valence-electron chi connectivity index (χ0n) is 10.9. The molecule has 1 amide bonds. The van der Waals surface area contributed by atoms with E-state index in [2.05, 4.69) is 10.6 Å². The minimum atomic E-state index is -0.986. The summed E-state index contributed by atoms with van der Waals surface area (Å²) in [6, 6.07) is -0.809. The van der Waals surface area contributed by atoms with Crippen molar-refractivity contribution in [1.29, 1.82) is 0 Å². The minimum absolute atomic E-state index is 0.0649. The number of amides is 1. The van der Waals surface area contributed by atoms with E-state index >= 15 is 0 Å². The van der Waals surface area contributed by atoms with Crippen LogP contribution in [0.1, 0.15) is 25.7 Å². The summed E-state index contributed by atoms with van der Waals surface area (Å²) in [5, 5.41) is 14.2. The molecule has 19 heavy (non-hydrogen) atoms. The number of rotatable bonds is 8. The molecular formula is C12H21N3O4. The van der Waals surface area contributed by atoms with Gasteiger partial charge in [0.1, 0.15) is 12.0 Å². The summed E-state index contributed by atoms with van der Waals surface area (Å²) >= 11 is 0. The van der Waals surface area contributed by atoms with Crippen molar-refractivity contribution >= 4 is 17.7 Å². The lowest BCUT2D eigenvalue weighted by atomic mass is 10.1. The number of Topliss-reactive ketones (excluding diaryl/α,β-unsaturated/α-hetero) is 1. The lowest BCUT2D eigenvalue weighted by Crippen LogP contribution is -2.35. The van der Waals surface area contributed by atoms with Crippen LogP contribution in [0.4, 0.5) is 0 Å². The van der Waals surface area contributed by atoms with E-state index in [1.807, 2.05) is 0 Å². The van der Waals surface area contributed by atoms with Crippen LogP contribution in [0.2, 0.25) is 0 Å². The van der Waals surface area contributed by atoms with Gasteiger partial charge in [0.25, 0.3) is 0 Å². The van der Waals surface area contributed by atoms with Crippen LogP contribution in [0.25, 0.3) is 0 Å². The molecule has 7 heteroatoms. The number of hydrogen-bond donors (Lipinski definition) is 4. The molecule has 0 saturated carbocycles. The van der Waals surface area contributed by atoms with Crippen LogP contribution in [-0.2, 0) is 14.4 Å². The molecule has 0 aromatic heterocycles. The van der Waals surface area contributed by atoms with Crippen LogP contribution in [0.5, 0.6) is 0 Å². The first-order chi connectivity index (χ1) is 9.02. The minimum Gasteiger partial charge on any atom is -0.480 e. The number of nitrogens with two attached hydrogens (primary N) is 1. The van der Waals surface area contributed by atoms with Gasteiger partial charge in [-0.15, -0.1) is 0 Å². The summed E-state index contributed by atoms with van der Waals surface area (Å²) in [5.74, 6) is -1.83. The Morgan fingerprint density at radius 1 is 1.42 bits per heavy atom. The smallest absolute Gasteiger partial charge is 0.320 e. The Bertz CT molecular complexity index is 346. The topological polar surface area (TPSA) is 122 Å². The summed E-state index contributed by atoms with van der Waals surface area (Å²) < 4.78 is 0. The molecule has 2 unspecified atom stereocenters. The molecule has 1 aliphatic heterocycles. The Labute approximate surface area is 111 Å². The van der Waals surface area contributed by atoms with Crippen LogP contribution in [0.3, 0.4) is 0 Å². The molecule has 0 aromatic carbocycles. The van der Waals surface area contributed by atoms with Crippen LogP contribution in [0.15, 0.2) is 0 Å². The Morgan fingerprint density at radius 3 is 2.74 bits per heavy atom. The number of carbonyl (C=O) groups is 3. The number of hydrogen-bond acceptors (Lipinski definition) is 5. The maximum atomic E-state index is 11.6. The van der Waals surface area contributed by atoms with Gasteiger partial charge in [0.15, 0.2) is 5.78 Å². The van der Waals surface area contributed by atoms with Crippen LogP contribution >= 0.6 is 0 Å². The summed E-state index contributed by atoms with van der Waals surface area (Å²) in [6.45, 7) is 1.19. The second-order valence-electron chi connectivity index (χ2n) is 4.73. The predicted molar refractivity (Wildman–Crippen MR) is 68.5 cm³/mol. The summed E-state index contributed by atoms with van der Waals surface area (Å²) in [5.41, 5.74) is 5.36. The zero-order chi connectivity index (χ0) is 14.3.